The van der Waals surface area contributed by atoms with Crippen molar-refractivity contribution in [2.75, 3.05) is 19.6 Å². The van der Waals surface area contributed by atoms with E-state index in [1.165, 1.54) is 0 Å². The minimum absolute atomic E-state index is 0.0737. The number of rotatable bonds is 4. The minimum atomic E-state index is -0.347. The first kappa shape index (κ1) is 23.1. The van der Waals surface area contributed by atoms with Crippen LogP contribution in [0.1, 0.15) is 59.8 Å². The molecule has 182 valence electrons. The number of nitrogens with one attached hydrogen (secondary N) is 1. The number of aryl methyl sites for hydroxylation is 2. The molecule has 3 aliphatic rings. The standard InChI is InChI=1S/C26H30N6O3/c1-15(2)22-7-18(9-27)16(3)6-19(22)14-35-26(34)32-12-20-10-31(11-21(20)13-32)25(33)17-4-5-23-24(8-17)29-30-28-23/h6-7,10,15,17,21H,4-5,8,11-14H2,1-3H3,(H,28,29,30)/t17?,21-/m0/s1. The normalized spacial score (nSPS) is 20.9. The smallest absolute Gasteiger partial charge is 0.410 e. The number of amides is 2. The predicted octanol–water partition coefficient (Wildman–Crippen LogP) is 3.21. The number of nitriles is 1. The van der Waals surface area contributed by atoms with Gasteiger partial charge in [-0.15, -0.1) is 5.10 Å². The van der Waals surface area contributed by atoms with Gasteiger partial charge in [-0.25, -0.2) is 4.79 Å². The highest BCUT2D eigenvalue weighted by Gasteiger charge is 2.40. The Labute approximate surface area is 204 Å². The van der Waals surface area contributed by atoms with Gasteiger partial charge in [0, 0.05) is 44.1 Å². The molecular weight excluding hydrogens is 444 g/mol. The molecule has 9 heteroatoms. The Morgan fingerprint density at radius 1 is 1.31 bits per heavy atom. The Bertz CT molecular complexity index is 1240. The second-order valence-corrected chi connectivity index (χ2v) is 10.1. The maximum Gasteiger partial charge on any atom is 0.410 e. The third kappa shape index (κ3) is 4.41. The number of nitrogens with zero attached hydrogens (tertiary/aromatic N) is 5. The van der Waals surface area contributed by atoms with Crippen LogP contribution in [0, 0.1) is 30.1 Å². The lowest BCUT2D eigenvalue weighted by Gasteiger charge is -2.25. The van der Waals surface area contributed by atoms with E-state index >= 15 is 0 Å². The summed E-state index contributed by atoms with van der Waals surface area (Å²) in [5, 5.41) is 20.2. The number of aromatic nitrogens is 3. The van der Waals surface area contributed by atoms with Crippen molar-refractivity contribution >= 4 is 12.0 Å². The number of hydrogen-bond donors (Lipinski definition) is 1. The lowest BCUT2D eigenvalue weighted by Crippen LogP contribution is -2.37. The first-order valence-corrected chi connectivity index (χ1v) is 12.2. The fourth-order valence-corrected chi connectivity index (χ4v) is 5.43. The lowest BCUT2D eigenvalue weighted by atomic mass is 9.89. The maximum atomic E-state index is 13.1. The molecule has 3 heterocycles. The molecule has 2 atom stereocenters. The summed E-state index contributed by atoms with van der Waals surface area (Å²) < 4.78 is 5.67. The lowest BCUT2D eigenvalue weighted by molar-refractivity contribution is -0.133. The molecule has 5 rings (SSSR count). The number of benzene rings is 1. The quantitative estimate of drug-likeness (QED) is 0.728. The molecule has 1 aromatic carbocycles. The van der Waals surface area contributed by atoms with Crippen molar-refractivity contribution in [3.05, 3.63) is 57.5 Å². The van der Waals surface area contributed by atoms with Crippen LogP contribution in [0.5, 0.6) is 0 Å². The van der Waals surface area contributed by atoms with Crippen molar-refractivity contribution in [3.63, 3.8) is 0 Å². The average Bonchev–Trinajstić information content (AvgIpc) is 3.56. The molecule has 1 aromatic heterocycles. The second kappa shape index (κ2) is 9.17. The van der Waals surface area contributed by atoms with E-state index in [2.05, 4.69) is 35.3 Å². The van der Waals surface area contributed by atoms with E-state index in [1.807, 2.05) is 30.2 Å². The van der Waals surface area contributed by atoms with Crippen LogP contribution in [-0.2, 0) is 29.0 Å². The maximum absolute atomic E-state index is 13.1. The first-order valence-electron chi connectivity index (χ1n) is 12.2. The Balaban J connectivity index is 1.18. The highest BCUT2D eigenvalue weighted by molar-refractivity contribution is 5.81. The first-order chi connectivity index (χ1) is 16.8. The SMILES string of the molecule is Cc1cc(COC(=O)N2CC3=CN(C(=O)C4CCc5[nH]nnc5C4)C[C@H]3C2)c(C(C)C)cc1C#N. The van der Waals surface area contributed by atoms with E-state index in [-0.39, 0.29) is 36.4 Å². The molecule has 1 N–H and O–H groups in total. The van der Waals surface area contributed by atoms with Gasteiger partial charge in [0.25, 0.3) is 0 Å². The molecule has 2 aromatic rings. The number of carbonyl (C=O) groups excluding carboxylic acids is 2. The molecule has 0 spiro atoms. The molecule has 0 saturated carbocycles. The summed E-state index contributed by atoms with van der Waals surface area (Å²) in [7, 11) is 0. The number of carbonyl (C=O) groups is 2. The van der Waals surface area contributed by atoms with Crippen molar-refractivity contribution in [1.82, 2.24) is 25.2 Å². The summed E-state index contributed by atoms with van der Waals surface area (Å²) in [5.41, 5.74) is 6.53. The topological polar surface area (TPSA) is 115 Å². The van der Waals surface area contributed by atoms with Gasteiger partial charge in [0.1, 0.15) is 6.61 Å². The number of fused-ring (bicyclic) bond motifs is 2. The Kier molecular flexibility index (Phi) is 6.05. The van der Waals surface area contributed by atoms with E-state index in [0.717, 1.165) is 46.5 Å². The summed E-state index contributed by atoms with van der Waals surface area (Å²) in [4.78, 5) is 29.5. The zero-order valence-corrected chi connectivity index (χ0v) is 20.4. The van der Waals surface area contributed by atoms with Crippen LogP contribution in [0.2, 0.25) is 0 Å². The van der Waals surface area contributed by atoms with E-state index in [4.69, 9.17) is 4.74 Å². The third-order valence-electron chi connectivity index (χ3n) is 7.43. The van der Waals surface area contributed by atoms with Gasteiger partial charge in [-0.05, 0) is 54.0 Å². The predicted molar refractivity (Wildman–Crippen MR) is 127 cm³/mol. The molecule has 0 radical (unpaired) electrons. The monoisotopic (exact) mass is 474 g/mol. The zero-order valence-electron chi connectivity index (χ0n) is 20.4. The van der Waals surface area contributed by atoms with Gasteiger partial charge in [-0.3, -0.25) is 9.89 Å². The van der Waals surface area contributed by atoms with Gasteiger partial charge in [0.2, 0.25) is 5.91 Å². The van der Waals surface area contributed by atoms with Gasteiger partial charge in [0.05, 0.1) is 23.0 Å². The zero-order chi connectivity index (χ0) is 24.7. The highest BCUT2D eigenvalue weighted by Crippen LogP contribution is 2.33. The molecule has 35 heavy (non-hydrogen) atoms. The van der Waals surface area contributed by atoms with Crippen LogP contribution < -0.4 is 0 Å². The van der Waals surface area contributed by atoms with E-state index in [9.17, 15) is 14.9 Å². The van der Waals surface area contributed by atoms with Crippen molar-refractivity contribution in [2.45, 2.75) is 52.6 Å². The minimum Gasteiger partial charge on any atom is -0.445 e. The molecule has 2 aliphatic heterocycles. The summed E-state index contributed by atoms with van der Waals surface area (Å²) in [6, 6.07) is 6.07. The molecule has 9 nitrogen and oxygen atoms in total. The molecular formula is C26H30N6O3. The van der Waals surface area contributed by atoms with Gasteiger partial charge >= 0.3 is 6.09 Å². The van der Waals surface area contributed by atoms with Crippen molar-refractivity contribution in [2.24, 2.45) is 11.8 Å². The van der Waals surface area contributed by atoms with Crippen LogP contribution in [0.3, 0.4) is 0 Å². The molecule has 0 bridgehead atoms. The van der Waals surface area contributed by atoms with Crippen molar-refractivity contribution in [3.8, 4) is 6.07 Å². The van der Waals surface area contributed by atoms with Crippen molar-refractivity contribution < 1.29 is 14.3 Å². The number of aromatic amines is 1. The Hall–Kier alpha value is -3.67. The van der Waals surface area contributed by atoms with Gasteiger partial charge in [-0.2, -0.15) is 5.26 Å². The summed E-state index contributed by atoms with van der Waals surface area (Å²) in [6.07, 6.45) is 3.80. The summed E-state index contributed by atoms with van der Waals surface area (Å²) in [5.74, 6) is 0.430. The van der Waals surface area contributed by atoms with Gasteiger partial charge < -0.3 is 14.5 Å². The van der Waals surface area contributed by atoms with Crippen LogP contribution in [0.15, 0.2) is 23.9 Å². The van der Waals surface area contributed by atoms with Crippen LogP contribution in [0.4, 0.5) is 4.79 Å². The fraction of sp³-hybridized carbons (Fsp3) is 0.500. The summed E-state index contributed by atoms with van der Waals surface area (Å²) >= 11 is 0. The molecule has 1 saturated heterocycles. The molecule has 1 unspecified atom stereocenters. The van der Waals surface area contributed by atoms with E-state index in [0.29, 0.717) is 31.6 Å². The number of hydrogen-bond acceptors (Lipinski definition) is 6. The number of ether oxygens (including phenoxy) is 1. The Morgan fingerprint density at radius 3 is 2.89 bits per heavy atom. The second-order valence-electron chi connectivity index (χ2n) is 10.1. The van der Waals surface area contributed by atoms with Gasteiger partial charge in [-0.1, -0.05) is 25.1 Å². The molecule has 2 amide bonds. The van der Waals surface area contributed by atoms with Crippen LogP contribution >= 0.6 is 0 Å². The largest absolute Gasteiger partial charge is 0.445 e. The van der Waals surface area contributed by atoms with Crippen LogP contribution in [0.25, 0.3) is 0 Å². The van der Waals surface area contributed by atoms with E-state index in [1.54, 1.807) is 4.90 Å². The van der Waals surface area contributed by atoms with E-state index < -0.39 is 0 Å². The number of H-pyrrole nitrogens is 1. The molecule has 1 aliphatic carbocycles. The molecule has 1 fully saturated rings. The van der Waals surface area contributed by atoms with Crippen LogP contribution in [-0.4, -0.2) is 56.8 Å². The van der Waals surface area contributed by atoms with Crippen molar-refractivity contribution in [1.29, 1.82) is 5.26 Å². The van der Waals surface area contributed by atoms with Gasteiger partial charge in [0.15, 0.2) is 0 Å². The third-order valence-corrected chi connectivity index (χ3v) is 7.43. The summed E-state index contributed by atoms with van der Waals surface area (Å²) in [6.45, 7) is 7.84. The Morgan fingerprint density at radius 2 is 2.14 bits per heavy atom. The number of likely N-dealkylation sites (tertiary alicyclic amines) is 1. The fourth-order valence-electron chi connectivity index (χ4n) is 5.43. The average molecular weight is 475 g/mol. The highest BCUT2D eigenvalue weighted by atomic mass is 16.6.